The Morgan fingerprint density at radius 1 is 1.33 bits per heavy atom. The fourth-order valence-corrected chi connectivity index (χ4v) is 3.09. The average molecular weight is 311 g/mol. The minimum Gasteiger partial charge on any atom is -0.342 e. The molecule has 3 nitrogen and oxygen atoms in total. The number of rotatable bonds is 4. The van der Waals surface area contributed by atoms with Crippen molar-refractivity contribution in [2.75, 3.05) is 19.6 Å². The Balaban J connectivity index is 0.00000220. The van der Waals surface area contributed by atoms with Crippen molar-refractivity contribution in [1.82, 2.24) is 4.90 Å². The molecule has 21 heavy (non-hydrogen) atoms. The van der Waals surface area contributed by atoms with Crippen LogP contribution >= 0.6 is 12.4 Å². The van der Waals surface area contributed by atoms with Crippen LogP contribution < -0.4 is 5.73 Å². The molecule has 0 radical (unpaired) electrons. The minimum atomic E-state index is -0.453. The third-order valence-corrected chi connectivity index (χ3v) is 4.41. The SMILES string of the molecule is CC(C)(C(=O)N1CCCC(CCN)C1)c1ccccc1.Cl. The van der Waals surface area contributed by atoms with E-state index < -0.39 is 5.41 Å². The summed E-state index contributed by atoms with van der Waals surface area (Å²) in [7, 11) is 0. The Morgan fingerprint density at radius 3 is 2.62 bits per heavy atom. The number of halogens is 1. The molecule has 0 aromatic heterocycles. The molecule has 118 valence electrons. The Bertz CT molecular complexity index is 445. The monoisotopic (exact) mass is 310 g/mol. The highest BCUT2D eigenvalue weighted by Gasteiger charge is 2.35. The number of amides is 1. The topological polar surface area (TPSA) is 46.3 Å². The van der Waals surface area contributed by atoms with Gasteiger partial charge >= 0.3 is 0 Å². The average Bonchev–Trinajstić information content (AvgIpc) is 2.48. The molecule has 2 N–H and O–H groups in total. The van der Waals surface area contributed by atoms with E-state index in [0.29, 0.717) is 5.92 Å². The van der Waals surface area contributed by atoms with Crippen LogP contribution in [0.15, 0.2) is 30.3 Å². The number of benzene rings is 1. The summed E-state index contributed by atoms with van der Waals surface area (Å²) in [5.74, 6) is 0.815. The van der Waals surface area contributed by atoms with Gasteiger partial charge in [-0.3, -0.25) is 4.79 Å². The lowest BCUT2D eigenvalue weighted by atomic mass is 9.82. The second-order valence-corrected chi connectivity index (χ2v) is 6.33. The molecule has 1 unspecified atom stereocenters. The number of nitrogens with zero attached hydrogens (tertiary/aromatic N) is 1. The maximum atomic E-state index is 12.9. The number of piperidine rings is 1. The summed E-state index contributed by atoms with van der Waals surface area (Å²) in [5, 5.41) is 0. The van der Waals surface area contributed by atoms with Gasteiger partial charge in [0.25, 0.3) is 0 Å². The van der Waals surface area contributed by atoms with Gasteiger partial charge in [-0.1, -0.05) is 30.3 Å². The van der Waals surface area contributed by atoms with E-state index in [0.717, 1.165) is 38.0 Å². The third-order valence-electron chi connectivity index (χ3n) is 4.41. The zero-order valence-electron chi connectivity index (χ0n) is 13.0. The molecular formula is C17H27ClN2O. The van der Waals surface area contributed by atoms with Gasteiger partial charge in [-0.05, 0) is 51.1 Å². The molecular weight excluding hydrogens is 284 g/mol. The number of hydrogen-bond donors (Lipinski definition) is 1. The molecule has 4 heteroatoms. The van der Waals surface area contributed by atoms with Crippen LogP contribution in [0, 0.1) is 5.92 Å². The van der Waals surface area contributed by atoms with Gasteiger partial charge in [-0.2, -0.15) is 0 Å². The van der Waals surface area contributed by atoms with Gasteiger partial charge in [-0.25, -0.2) is 0 Å². The second kappa shape index (κ2) is 7.81. The maximum Gasteiger partial charge on any atom is 0.232 e. The van der Waals surface area contributed by atoms with Crippen LogP contribution in [0.5, 0.6) is 0 Å². The number of hydrogen-bond acceptors (Lipinski definition) is 2. The van der Waals surface area contributed by atoms with Gasteiger partial charge in [0.2, 0.25) is 5.91 Å². The number of carbonyl (C=O) groups is 1. The lowest BCUT2D eigenvalue weighted by molar-refractivity contribution is -0.138. The van der Waals surface area contributed by atoms with E-state index >= 15 is 0 Å². The van der Waals surface area contributed by atoms with Gasteiger partial charge in [0.15, 0.2) is 0 Å². The van der Waals surface area contributed by atoms with Crippen molar-refractivity contribution < 1.29 is 4.79 Å². The van der Waals surface area contributed by atoms with Crippen molar-refractivity contribution in [3.63, 3.8) is 0 Å². The molecule has 2 rings (SSSR count). The molecule has 1 aliphatic heterocycles. The van der Waals surface area contributed by atoms with Gasteiger partial charge in [-0.15, -0.1) is 12.4 Å². The molecule has 1 aromatic carbocycles. The van der Waals surface area contributed by atoms with E-state index in [1.165, 1.54) is 6.42 Å². The van der Waals surface area contributed by atoms with Crippen molar-refractivity contribution in [1.29, 1.82) is 0 Å². The molecule has 1 aliphatic rings. The predicted octanol–water partition coefficient (Wildman–Crippen LogP) is 2.97. The van der Waals surface area contributed by atoms with Crippen LogP contribution in [-0.4, -0.2) is 30.4 Å². The van der Waals surface area contributed by atoms with Gasteiger partial charge in [0.1, 0.15) is 0 Å². The summed E-state index contributed by atoms with van der Waals surface area (Å²) in [6.07, 6.45) is 3.32. The molecule has 0 saturated carbocycles. The summed E-state index contributed by atoms with van der Waals surface area (Å²) < 4.78 is 0. The van der Waals surface area contributed by atoms with Crippen LogP contribution in [0.25, 0.3) is 0 Å². The Kier molecular flexibility index (Phi) is 6.69. The normalized spacial score (nSPS) is 19.0. The lowest BCUT2D eigenvalue weighted by Gasteiger charge is -2.38. The number of likely N-dealkylation sites (tertiary alicyclic amines) is 1. The zero-order chi connectivity index (χ0) is 14.6. The Hall–Kier alpha value is -1.06. The first-order chi connectivity index (χ1) is 9.55. The standard InChI is InChI=1S/C17H26N2O.ClH/c1-17(2,15-8-4-3-5-9-15)16(20)19-12-6-7-14(13-19)10-11-18;/h3-5,8-9,14H,6-7,10-13,18H2,1-2H3;1H. The van der Waals surface area contributed by atoms with E-state index in [9.17, 15) is 4.79 Å². The van der Waals surface area contributed by atoms with Crippen LogP contribution in [0.3, 0.4) is 0 Å². The highest BCUT2D eigenvalue weighted by molar-refractivity contribution is 5.87. The van der Waals surface area contributed by atoms with Crippen molar-refractivity contribution in [3.8, 4) is 0 Å². The predicted molar refractivity (Wildman–Crippen MR) is 89.7 cm³/mol. The summed E-state index contributed by atoms with van der Waals surface area (Å²) in [4.78, 5) is 14.9. The molecule has 0 aliphatic carbocycles. The van der Waals surface area contributed by atoms with E-state index in [4.69, 9.17) is 5.73 Å². The van der Waals surface area contributed by atoms with E-state index in [1.807, 2.05) is 49.1 Å². The first kappa shape index (κ1) is 18.0. The van der Waals surface area contributed by atoms with Gasteiger partial charge in [0.05, 0.1) is 5.41 Å². The lowest BCUT2D eigenvalue weighted by Crippen LogP contribution is -2.48. The molecule has 1 atom stereocenters. The van der Waals surface area contributed by atoms with E-state index in [1.54, 1.807) is 0 Å². The van der Waals surface area contributed by atoms with E-state index in [-0.39, 0.29) is 18.3 Å². The van der Waals surface area contributed by atoms with Crippen LogP contribution in [0.4, 0.5) is 0 Å². The van der Waals surface area contributed by atoms with Crippen LogP contribution in [-0.2, 0) is 10.2 Å². The summed E-state index contributed by atoms with van der Waals surface area (Å²) in [5.41, 5.74) is 6.29. The fraction of sp³-hybridized carbons (Fsp3) is 0.588. The molecule has 1 heterocycles. The van der Waals surface area contributed by atoms with Crippen molar-refractivity contribution in [2.24, 2.45) is 11.7 Å². The molecule has 0 bridgehead atoms. The number of nitrogens with two attached hydrogens (primary N) is 1. The summed E-state index contributed by atoms with van der Waals surface area (Å²) in [6.45, 7) is 6.52. The summed E-state index contributed by atoms with van der Waals surface area (Å²) in [6, 6.07) is 10.1. The smallest absolute Gasteiger partial charge is 0.232 e. The molecule has 1 amide bonds. The second-order valence-electron chi connectivity index (χ2n) is 6.33. The molecule has 1 saturated heterocycles. The number of carbonyl (C=O) groups excluding carboxylic acids is 1. The maximum absolute atomic E-state index is 12.9. The van der Waals surface area contributed by atoms with Crippen LogP contribution in [0.1, 0.15) is 38.7 Å². The quantitative estimate of drug-likeness (QED) is 0.929. The van der Waals surface area contributed by atoms with Crippen molar-refractivity contribution in [2.45, 2.75) is 38.5 Å². The van der Waals surface area contributed by atoms with E-state index in [2.05, 4.69) is 0 Å². The molecule has 1 aromatic rings. The highest BCUT2D eigenvalue weighted by atomic mass is 35.5. The zero-order valence-corrected chi connectivity index (χ0v) is 13.9. The van der Waals surface area contributed by atoms with Crippen LogP contribution in [0.2, 0.25) is 0 Å². The van der Waals surface area contributed by atoms with Gasteiger partial charge < -0.3 is 10.6 Å². The first-order valence-corrected chi connectivity index (χ1v) is 7.60. The Labute approximate surface area is 134 Å². The third kappa shape index (κ3) is 4.21. The first-order valence-electron chi connectivity index (χ1n) is 7.60. The largest absolute Gasteiger partial charge is 0.342 e. The Morgan fingerprint density at radius 2 is 2.00 bits per heavy atom. The van der Waals surface area contributed by atoms with Crippen molar-refractivity contribution >= 4 is 18.3 Å². The minimum absolute atomic E-state index is 0. The molecule has 1 fully saturated rings. The molecule has 0 spiro atoms. The highest BCUT2D eigenvalue weighted by Crippen LogP contribution is 2.28. The summed E-state index contributed by atoms with van der Waals surface area (Å²) >= 11 is 0. The van der Waals surface area contributed by atoms with Crippen molar-refractivity contribution in [3.05, 3.63) is 35.9 Å². The fourth-order valence-electron chi connectivity index (χ4n) is 3.09. The van der Waals surface area contributed by atoms with Gasteiger partial charge in [0, 0.05) is 13.1 Å².